The third-order valence-corrected chi connectivity index (χ3v) is 3.04. The van der Waals surface area contributed by atoms with Gasteiger partial charge >= 0.3 is 12.0 Å². The Bertz CT molecular complexity index is 292. The van der Waals surface area contributed by atoms with Crippen molar-refractivity contribution in [3.05, 3.63) is 0 Å². The summed E-state index contributed by atoms with van der Waals surface area (Å²) in [6.07, 6.45) is 2.68. The van der Waals surface area contributed by atoms with Crippen LogP contribution in [0.15, 0.2) is 0 Å². The molecule has 1 saturated carbocycles. The van der Waals surface area contributed by atoms with E-state index < -0.39 is 5.97 Å². The molecule has 2 amide bonds. The highest BCUT2D eigenvalue weighted by Gasteiger charge is 2.32. The van der Waals surface area contributed by atoms with Crippen molar-refractivity contribution in [2.75, 3.05) is 19.7 Å². The summed E-state index contributed by atoms with van der Waals surface area (Å²) in [6.45, 7) is 2.72. The van der Waals surface area contributed by atoms with Crippen molar-refractivity contribution in [1.82, 2.24) is 10.2 Å². The molecular weight excluding hydrogens is 236 g/mol. The Morgan fingerprint density at radius 2 is 2.11 bits per heavy atom. The zero-order chi connectivity index (χ0) is 13.5. The summed E-state index contributed by atoms with van der Waals surface area (Å²) in [4.78, 5) is 23.9. The van der Waals surface area contributed by atoms with Crippen LogP contribution < -0.4 is 5.32 Å². The number of amides is 2. The molecule has 0 aromatic rings. The molecule has 0 bridgehead atoms. The van der Waals surface area contributed by atoms with E-state index in [0.29, 0.717) is 19.5 Å². The van der Waals surface area contributed by atoms with E-state index in [-0.39, 0.29) is 31.0 Å². The van der Waals surface area contributed by atoms with Gasteiger partial charge in [-0.1, -0.05) is 6.92 Å². The minimum absolute atomic E-state index is 0.0293. The number of urea groups is 1. The first-order valence-electron chi connectivity index (χ1n) is 6.41. The Morgan fingerprint density at radius 1 is 1.44 bits per heavy atom. The smallest absolute Gasteiger partial charge is 0.317 e. The maximum absolute atomic E-state index is 11.8. The third kappa shape index (κ3) is 5.35. The highest BCUT2D eigenvalue weighted by atomic mass is 16.4. The van der Waals surface area contributed by atoms with Crippen LogP contribution in [0.4, 0.5) is 4.79 Å². The van der Waals surface area contributed by atoms with E-state index in [2.05, 4.69) is 5.32 Å². The molecule has 0 heterocycles. The van der Waals surface area contributed by atoms with Crippen LogP contribution in [0.3, 0.4) is 0 Å². The van der Waals surface area contributed by atoms with E-state index in [4.69, 9.17) is 10.2 Å². The molecular formula is C12H22N2O4. The van der Waals surface area contributed by atoms with Gasteiger partial charge in [0.15, 0.2) is 0 Å². The maximum Gasteiger partial charge on any atom is 0.317 e. The molecule has 0 aromatic carbocycles. The molecule has 1 rings (SSSR count). The van der Waals surface area contributed by atoms with Crippen molar-refractivity contribution in [2.45, 2.75) is 38.6 Å². The van der Waals surface area contributed by atoms with E-state index >= 15 is 0 Å². The van der Waals surface area contributed by atoms with Gasteiger partial charge in [-0.3, -0.25) is 4.79 Å². The summed E-state index contributed by atoms with van der Waals surface area (Å²) >= 11 is 0. The third-order valence-electron chi connectivity index (χ3n) is 3.04. The van der Waals surface area contributed by atoms with Crippen molar-refractivity contribution in [1.29, 1.82) is 0 Å². The Morgan fingerprint density at radius 3 is 2.61 bits per heavy atom. The van der Waals surface area contributed by atoms with Gasteiger partial charge in [0.05, 0.1) is 6.61 Å². The molecule has 18 heavy (non-hydrogen) atoms. The van der Waals surface area contributed by atoms with E-state index in [1.54, 1.807) is 4.90 Å². The van der Waals surface area contributed by atoms with Gasteiger partial charge in [-0.2, -0.15) is 0 Å². The number of aliphatic carboxylic acids is 1. The molecule has 6 nitrogen and oxygen atoms in total. The van der Waals surface area contributed by atoms with E-state index in [0.717, 1.165) is 12.8 Å². The quantitative estimate of drug-likeness (QED) is 0.596. The number of aliphatic hydroxyl groups is 1. The molecule has 0 radical (unpaired) electrons. The van der Waals surface area contributed by atoms with Crippen LogP contribution in [0, 0.1) is 5.92 Å². The first-order chi connectivity index (χ1) is 8.54. The molecule has 0 spiro atoms. The second kappa shape index (κ2) is 7.20. The van der Waals surface area contributed by atoms with E-state index in [1.165, 1.54) is 0 Å². The first-order valence-corrected chi connectivity index (χ1v) is 6.41. The minimum Gasteiger partial charge on any atom is -0.481 e. The summed E-state index contributed by atoms with van der Waals surface area (Å²) in [7, 11) is 0. The van der Waals surface area contributed by atoms with Crippen molar-refractivity contribution in [3.8, 4) is 0 Å². The van der Waals surface area contributed by atoms with Crippen LogP contribution in [0.2, 0.25) is 0 Å². The van der Waals surface area contributed by atoms with Gasteiger partial charge in [-0.05, 0) is 25.2 Å². The van der Waals surface area contributed by atoms with Crippen LogP contribution in [-0.2, 0) is 4.79 Å². The van der Waals surface area contributed by atoms with Crippen LogP contribution in [0.25, 0.3) is 0 Å². The Kier molecular flexibility index (Phi) is 5.91. The maximum atomic E-state index is 11.8. The van der Waals surface area contributed by atoms with E-state index in [9.17, 15) is 9.59 Å². The lowest BCUT2D eigenvalue weighted by molar-refractivity contribution is -0.137. The minimum atomic E-state index is -0.812. The van der Waals surface area contributed by atoms with Crippen LogP contribution in [-0.4, -0.2) is 52.9 Å². The summed E-state index contributed by atoms with van der Waals surface area (Å²) in [5, 5.41) is 20.2. The van der Waals surface area contributed by atoms with Gasteiger partial charge < -0.3 is 20.4 Å². The van der Waals surface area contributed by atoms with Gasteiger partial charge in [0.25, 0.3) is 0 Å². The number of carbonyl (C=O) groups excluding carboxylic acids is 1. The number of hydrogen-bond donors (Lipinski definition) is 3. The average molecular weight is 258 g/mol. The fourth-order valence-corrected chi connectivity index (χ4v) is 1.78. The topological polar surface area (TPSA) is 89.9 Å². The first kappa shape index (κ1) is 14.8. The second-order valence-corrected chi connectivity index (χ2v) is 4.87. The number of nitrogens with one attached hydrogen (secondary N) is 1. The Hall–Kier alpha value is -1.30. The molecule has 0 saturated heterocycles. The molecule has 3 N–H and O–H groups in total. The number of hydrogen-bond acceptors (Lipinski definition) is 3. The van der Waals surface area contributed by atoms with Gasteiger partial charge in [-0.25, -0.2) is 4.79 Å². The van der Waals surface area contributed by atoms with Crippen LogP contribution in [0.1, 0.15) is 32.6 Å². The number of carboxylic acid groups (broad SMARTS) is 1. The summed E-state index contributed by atoms with van der Waals surface area (Å²) in [6, 6.07) is 0.111. The lowest BCUT2D eigenvalue weighted by Gasteiger charge is -2.22. The van der Waals surface area contributed by atoms with E-state index in [1.807, 2.05) is 6.92 Å². The number of carboxylic acids is 1. The average Bonchev–Trinajstić information content (AvgIpc) is 3.14. The van der Waals surface area contributed by atoms with Gasteiger partial charge in [0, 0.05) is 25.6 Å². The lowest BCUT2D eigenvalue weighted by atomic mass is 10.1. The monoisotopic (exact) mass is 258 g/mol. The zero-order valence-corrected chi connectivity index (χ0v) is 10.8. The molecule has 1 aliphatic rings. The number of rotatable bonds is 8. The number of aliphatic hydroxyl groups excluding tert-OH is 1. The normalized spacial score (nSPS) is 16.1. The van der Waals surface area contributed by atoms with Crippen molar-refractivity contribution in [2.24, 2.45) is 5.92 Å². The molecule has 1 unspecified atom stereocenters. The predicted octanol–water partition coefficient (Wildman–Crippen LogP) is 0.654. The van der Waals surface area contributed by atoms with Crippen molar-refractivity contribution < 1.29 is 19.8 Å². The largest absolute Gasteiger partial charge is 0.481 e. The molecule has 1 aliphatic carbocycles. The number of nitrogens with zero attached hydrogens (tertiary/aromatic N) is 1. The van der Waals surface area contributed by atoms with Crippen LogP contribution >= 0.6 is 0 Å². The zero-order valence-electron chi connectivity index (χ0n) is 10.8. The summed E-state index contributed by atoms with van der Waals surface area (Å²) < 4.78 is 0. The molecule has 0 aromatic heterocycles. The fourth-order valence-electron chi connectivity index (χ4n) is 1.78. The fraction of sp³-hybridized carbons (Fsp3) is 0.833. The molecule has 104 valence electrons. The lowest BCUT2D eigenvalue weighted by Crippen LogP contribution is -2.44. The molecule has 0 aliphatic heterocycles. The summed E-state index contributed by atoms with van der Waals surface area (Å²) in [5.74, 6) is -0.673. The molecule has 6 heteroatoms. The second-order valence-electron chi connectivity index (χ2n) is 4.87. The highest BCUT2D eigenvalue weighted by Crippen LogP contribution is 2.26. The van der Waals surface area contributed by atoms with Gasteiger partial charge in [0.2, 0.25) is 0 Å². The standard InChI is InChI=1S/C12H22N2O4/c1-9(2-5-11(16)17)8-13-12(18)14(6-7-15)10-3-4-10/h9-10,15H,2-8H2,1H3,(H,13,18)(H,16,17). The number of carbonyl (C=O) groups is 2. The Labute approximate surface area is 107 Å². The van der Waals surface area contributed by atoms with Crippen molar-refractivity contribution in [3.63, 3.8) is 0 Å². The predicted molar refractivity (Wildman–Crippen MR) is 66.2 cm³/mol. The summed E-state index contributed by atoms with van der Waals surface area (Å²) in [5.41, 5.74) is 0. The highest BCUT2D eigenvalue weighted by molar-refractivity contribution is 5.74. The van der Waals surface area contributed by atoms with Crippen LogP contribution in [0.5, 0.6) is 0 Å². The Balaban J connectivity index is 2.23. The van der Waals surface area contributed by atoms with Crippen molar-refractivity contribution >= 4 is 12.0 Å². The molecule has 1 atom stereocenters. The molecule has 1 fully saturated rings. The van der Waals surface area contributed by atoms with Gasteiger partial charge in [0.1, 0.15) is 0 Å². The van der Waals surface area contributed by atoms with Gasteiger partial charge in [-0.15, -0.1) is 0 Å². The SMILES string of the molecule is CC(CCC(=O)O)CNC(=O)N(CCO)C1CC1.